The van der Waals surface area contributed by atoms with E-state index < -0.39 is 46.1 Å². The van der Waals surface area contributed by atoms with Crippen LogP contribution in [0.5, 0.6) is 0 Å². The molecule has 9 nitrogen and oxygen atoms in total. The predicted octanol–water partition coefficient (Wildman–Crippen LogP) is 2.67. The van der Waals surface area contributed by atoms with E-state index in [2.05, 4.69) is 5.32 Å². The summed E-state index contributed by atoms with van der Waals surface area (Å²) in [6.07, 6.45) is 0. The van der Waals surface area contributed by atoms with E-state index in [9.17, 15) is 29.1 Å². The summed E-state index contributed by atoms with van der Waals surface area (Å²) in [4.78, 5) is 59.0. The normalized spacial score (nSPS) is 12.8. The molecule has 29 heavy (non-hydrogen) atoms. The first-order chi connectivity index (χ1) is 13.1. The zero-order valence-corrected chi connectivity index (χ0v) is 19.3. The van der Waals surface area contributed by atoms with Crippen LogP contribution in [0.2, 0.25) is 0 Å². The Morgan fingerprint density at radius 3 is 2.00 bits per heavy atom. The van der Waals surface area contributed by atoms with Crippen LogP contribution in [0.25, 0.3) is 0 Å². The van der Waals surface area contributed by atoms with Gasteiger partial charge >= 0.3 is 17.2 Å². The van der Waals surface area contributed by atoms with E-state index in [0.29, 0.717) is 11.8 Å². The first kappa shape index (κ1) is 27.2. The molecule has 0 aliphatic heterocycles. The molecule has 0 aromatic heterocycles. The molecule has 2 N–H and O–H groups in total. The number of rotatable bonds is 9. The summed E-state index contributed by atoms with van der Waals surface area (Å²) in [5, 5.41) is 10.5. The van der Waals surface area contributed by atoms with Gasteiger partial charge < -0.3 is 19.9 Å². The van der Waals surface area contributed by atoms with Gasteiger partial charge in [0, 0.05) is 11.7 Å². The molecule has 0 aliphatic rings. The minimum absolute atomic E-state index is 0.133. The Morgan fingerprint density at radius 1 is 1.00 bits per heavy atom. The molecular formula is C18H29NO8S2. The molecule has 0 aliphatic carbocycles. The van der Waals surface area contributed by atoms with Crippen molar-refractivity contribution in [3.05, 3.63) is 0 Å². The van der Waals surface area contributed by atoms with Crippen molar-refractivity contribution in [1.82, 2.24) is 5.32 Å². The van der Waals surface area contributed by atoms with Gasteiger partial charge in [0.2, 0.25) is 12.7 Å². The van der Waals surface area contributed by atoms with Crippen LogP contribution in [0.4, 0.5) is 4.79 Å². The van der Waals surface area contributed by atoms with Crippen LogP contribution in [-0.2, 0) is 28.7 Å². The Hall–Kier alpha value is -1.75. The topological polar surface area (TPSA) is 136 Å². The Kier molecular flexibility index (Phi) is 10.7. The van der Waals surface area contributed by atoms with E-state index in [0.717, 1.165) is 11.8 Å². The van der Waals surface area contributed by atoms with Crippen molar-refractivity contribution >= 4 is 51.8 Å². The van der Waals surface area contributed by atoms with Crippen molar-refractivity contribution < 1.29 is 38.6 Å². The number of ether oxygens (including phenoxy) is 2. The molecule has 0 aromatic rings. The Morgan fingerprint density at radius 2 is 1.55 bits per heavy atom. The van der Waals surface area contributed by atoms with Crippen molar-refractivity contribution in [3.8, 4) is 0 Å². The summed E-state index contributed by atoms with van der Waals surface area (Å²) >= 11 is 1.34. The van der Waals surface area contributed by atoms with Gasteiger partial charge in [-0.2, -0.15) is 0 Å². The van der Waals surface area contributed by atoms with Crippen LogP contribution >= 0.6 is 23.5 Å². The molecule has 0 rings (SSSR count). The second kappa shape index (κ2) is 11.4. The molecule has 0 saturated heterocycles. The number of aliphatic carboxylic acids is 1. The highest BCUT2D eigenvalue weighted by Crippen LogP contribution is 2.27. The molecule has 11 heteroatoms. The highest BCUT2D eigenvalue weighted by atomic mass is 32.2. The molecule has 166 valence electrons. The number of carbonyl (C=O) groups is 5. The van der Waals surface area contributed by atoms with Gasteiger partial charge in [-0.25, -0.2) is 9.59 Å². The van der Waals surface area contributed by atoms with E-state index in [1.165, 1.54) is 13.8 Å². The van der Waals surface area contributed by atoms with Crippen LogP contribution in [0.1, 0.15) is 48.5 Å². The molecule has 0 fully saturated rings. The number of carbonyl (C=O) groups excluding carboxylic acids is 4. The Balaban J connectivity index is 4.70. The van der Waals surface area contributed by atoms with Crippen molar-refractivity contribution in [2.24, 2.45) is 11.3 Å². The van der Waals surface area contributed by atoms with Gasteiger partial charge in [-0.3, -0.25) is 14.4 Å². The minimum atomic E-state index is -1.36. The van der Waals surface area contributed by atoms with Gasteiger partial charge in [-0.1, -0.05) is 25.6 Å². The summed E-state index contributed by atoms with van der Waals surface area (Å²) in [5.74, 6) is -2.95. The third-order valence-electron chi connectivity index (χ3n) is 3.33. The van der Waals surface area contributed by atoms with Gasteiger partial charge in [0.05, 0.1) is 10.2 Å². The molecule has 0 spiro atoms. The van der Waals surface area contributed by atoms with Gasteiger partial charge in [0.15, 0.2) is 5.12 Å². The lowest BCUT2D eigenvalue weighted by atomic mass is 9.98. The monoisotopic (exact) mass is 451 g/mol. The second-order valence-electron chi connectivity index (χ2n) is 7.96. The van der Waals surface area contributed by atoms with Crippen molar-refractivity contribution in [2.45, 2.75) is 59.3 Å². The number of nitrogens with one attached hydrogen (secondary N) is 1. The smallest absolute Gasteiger partial charge is 0.371 e. The summed E-state index contributed by atoms with van der Waals surface area (Å²) in [6, 6.07) is -1.29. The van der Waals surface area contributed by atoms with Gasteiger partial charge in [0.25, 0.3) is 0 Å². The van der Waals surface area contributed by atoms with Crippen LogP contribution in [0, 0.1) is 11.3 Å². The number of hydrogen-bond acceptors (Lipinski definition) is 9. The highest BCUT2D eigenvalue weighted by molar-refractivity contribution is 8.15. The Bertz CT molecular complexity index is 640. The Labute approximate surface area is 179 Å². The van der Waals surface area contributed by atoms with Crippen molar-refractivity contribution in [2.75, 3.05) is 12.5 Å². The van der Waals surface area contributed by atoms with Crippen LogP contribution in [-0.4, -0.2) is 56.7 Å². The molecule has 0 saturated carbocycles. The number of hydrogen-bond donors (Lipinski definition) is 2. The lowest BCUT2D eigenvalue weighted by Crippen LogP contribution is -2.50. The maximum absolute atomic E-state index is 12.4. The molecule has 0 heterocycles. The van der Waals surface area contributed by atoms with E-state index in [-0.39, 0.29) is 16.8 Å². The average molecular weight is 452 g/mol. The minimum Gasteiger partial charge on any atom is -0.480 e. The van der Waals surface area contributed by atoms with Crippen molar-refractivity contribution in [1.29, 1.82) is 0 Å². The number of esters is 1. The standard InChI is InChI=1S/C18H29NO8S2/c1-10(2)13(22)28-8-11(12(20)21)19-14(23)18(6,7)29-16(25)27-9-26-15(24)17(3,4)5/h10-11H,8-9H2,1-7H3,(H,19,23)(H,20,21)/t11-/m0/s1. The van der Waals surface area contributed by atoms with E-state index in [1.807, 2.05) is 0 Å². The molecular weight excluding hydrogens is 422 g/mol. The summed E-state index contributed by atoms with van der Waals surface area (Å²) in [6.45, 7) is 10.6. The molecule has 0 unspecified atom stereocenters. The fraction of sp³-hybridized carbons (Fsp3) is 0.722. The third-order valence-corrected chi connectivity index (χ3v) is 5.57. The summed E-state index contributed by atoms with van der Waals surface area (Å²) in [5.41, 5.74) is -0.750. The molecule has 0 bridgehead atoms. The number of carboxylic acids is 1. The largest absolute Gasteiger partial charge is 0.480 e. The van der Waals surface area contributed by atoms with E-state index >= 15 is 0 Å². The zero-order chi connectivity index (χ0) is 23.0. The fourth-order valence-corrected chi connectivity index (χ4v) is 3.04. The molecule has 1 amide bonds. The lowest BCUT2D eigenvalue weighted by molar-refractivity contribution is -0.160. The van der Waals surface area contributed by atoms with Crippen molar-refractivity contribution in [3.63, 3.8) is 0 Å². The quantitative estimate of drug-likeness (QED) is 0.397. The van der Waals surface area contributed by atoms with Gasteiger partial charge in [-0.15, -0.1) is 0 Å². The van der Waals surface area contributed by atoms with Crippen LogP contribution in [0.15, 0.2) is 0 Å². The molecule has 1 atom stereocenters. The number of amides is 1. The predicted molar refractivity (Wildman–Crippen MR) is 110 cm³/mol. The maximum atomic E-state index is 12.4. The lowest BCUT2D eigenvalue weighted by Gasteiger charge is -2.24. The van der Waals surface area contributed by atoms with Gasteiger partial charge in [0.1, 0.15) is 6.04 Å². The summed E-state index contributed by atoms with van der Waals surface area (Å²) < 4.78 is 8.25. The SMILES string of the molecule is CC(C)C(=O)SC[C@H](NC(=O)C(C)(C)SC(=O)OCOC(=O)C(C)(C)C)C(=O)O. The average Bonchev–Trinajstić information content (AvgIpc) is 2.55. The first-order valence-electron chi connectivity index (χ1n) is 8.81. The van der Waals surface area contributed by atoms with Gasteiger partial charge in [-0.05, 0) is 46.4 Å². The zero-order valence-electron chi connectivity index (χ0n) is 17.7. The summed E-state index contributed by atoms with van der Waals surface area (Å²) in [7, 11) is 0. The highest BCUT2D eigenvalue weighted by Gasteiger charge is 2.35. The molecule has 0 aromatic carbocycles. The maximum Gasteiger partial charge on any atom is 0.371 e. The third kappa shape index (κ3) is 10.6. The number of carboxylic acid groups (broad SMARTS) is 1. The number of thioether (sulfide) groups is 2. The van der Waals surface area contributed by atoms with Crippen LogP contribution in [0.3, 0.4) is 0 Å². The first-order valence-corrected chi connectivity index (χ1v) is 10.6. The fourth-order valence-electron chi connectivity index (χ4n) is 1.47. The van der Waals surface area contributed by atoms with E-state index in [4.69, 9.17) is 9.47 Å². The van der Waals surface area contributed by atoms with Crippen LogP contribution < -0.4 is 5.32 Å². The van der Waals surface area contributed by atoms with E-state index in [1.54, 1.807) is 34.6 Å². The second-order valence-corrected chi connectivity index (χ2v) is 10.5. The molecule has 0 radical (unpaired) electrons.